The molecule has 1 aliphatic carbocycles. The molecule has 1 aliphatic rings. The van der Waals surface area contributed by atoms with Crippen LogP contribution in [-0.4, -0.2) is 5.97 Å². The molecule has 3 heteroatoms. The number of ether oxygens (including phenoxy) is 1. The van der Waals surface area contributed by atoms with E-state index in [-0.39, 0.29) is 17.7 Å². The van der Waals surface area contributed by atoms with Crippen LogP contribution >= 0.6 is 0 Å². The minimum atomic E-state index is -0.324. The summed E-state index contributed by atoms with van der Waals surface area (Å²) in [6, 6.07) is 5.60. The van der Waals surface area contributed by atoms with Crippen molar-refractivity contribution in [2.24, 2.45) is 11.8 Å². The van der Waals surface area contributed by atoms with E-state index >= 15 is 0 Å². The SMILES string of the molecule is C=CCCCC1CCC(C(=O)Oc2ccc(F)cc2)CC1. The van der Waals surface area contributed by atoms with Gasteiger partial charge in [-0.05, 0) is 68.7 Å². The van der Waals surface area contributed by atoms with Gasteiger partial charge in [-0.1, -0.05) is 12.5 Å². The fourth-order valence-electron chi connectivity index (χ4n) is 2.94. The van der Waals surface area contributed by atoms with E-state index in [1.54, 1.807) is 0 Å². The summed E-state index contributed by atoms with van der Waals surface area (Å²) in [5, 5.41) is 0. The van der Waals surface area contributed by atoms with Crippen molar-refractivity contribution in [3.05, 3.63) is 42.7 Å². The van der Waals surface area contributed by atoms with E-state index in [9.17, 15) is 9.18 Å². The molecule has 1 saturated carbocycles. The zero-order chi connectivity index (χ0) is 15.1. The molecule has 0 heterocycles. The third-order valence-corrected chi connectivity index (χ3v) is 4.23. The lowest BCUT2D eigenvalue weighted by Gasteiger charge is -2.27. The second-order valence-corrected chi connectivity index (χ2v) is 5.81. The van der Waals surface area contributed by atoms with Crippen molar-refractivity contribution >= 4 is 5.97 Å². The molecule has 21 heavy (non-hydrogen) atoms. The predicted octanol–water partition coefficient (Wildman–Crippen LogP) is 4.89. The summed E-state index contributed by atoms with van der Waals surface area (Å²) in [6.45, 7) is 3.74. The average Bonchev–Trinajstić information content (AvgIpc) is 2.50. The van der Waals surface area contributed by atoms with Crippen molar-refractivity contribution in [3.8, 4) is 5.75 Å². The fraction of sp³-hybridized carbons (Fsp3) is 0.500. The molecule has 114 valence electrons. The molecule has 2 nitrogen and oxygen atoms in total. The number of hydrogen-bond donors (Lipinski definition) is 0. The number of benzene rings is 1. The van der Waals surface area contributed by atoms with E-state index in [0.29, 0.717) is 5.75 Å². The molecule has 1 fully saturated rings. The standard InChI is InChI=1S/C18H23FO2/c1-2-3-4-5-14-6-8-15(9-7-14)18(20)21-17-12-10-16(19)11-13-17/h2,10-15H,1,3-9H2. The summed E-state index contributed by atoms with van der Waals surface area (Å²) in [5.74, 6) is 0.654. The van der Waals surface area contributed by atoms with Gasteiger partial charge >= 0.3 is 5.97 Å². The van der Waals surface area contributed by atoms with Gasteiger partial charge in [-0.15, -0.1) is 6.58 Å². The number of carbonyl (C=O) groups excluding carboxylic acids is 1. The first-order valence-corrected chi connectivity index (χ1v) is 7.77. The molecular formula is C18H23FO2. The van der Waals surface area contributed by atoms with Crippen LogP contribution < -0.4 is 4.74 Å². The normalized spacial score (nSPS) is 21.8. The Labute approximate surface area is 126 Å². The summed E-state index contributed by atoms with van der Waals surface area (Å²) < 4.78 is 18.1. The highest BCUT2D eigenvalue weighted by Gasteiger charge is 2.27. The number of allylic oxidation sites excluding steroid dienone is 1. The van der Waals surface area contributed by atoms with E-state index < -0.39 is 0 Å². The summed E-state index contributed by atoms with van der Waals surface area (Å²) in [5.41, 5.74) is 0. The molecule has 0 aliphatic heterocycles. The molecule has 1 aromatic carbocycles. The van der Waals surface area contributed by atoms with Crippen molar-refractivity contribution in [2.75, 3.05) is 0 Å². The van der Waals surface area contributed by atoms with Gasteiger partial charge in [0.15, 0.2) is 0 Å². The van der Waals surface area contributed by atoms with Crippen molar-refractivity contribution in [2.45, 2.75) is 44.9 Å². The smallest absolute Gasteiger partial charge is 0.314 e. The monoisotopic (exact) mass is 290 g/mol. The van der Waals surface area contributed by atoms with E-state index in [0.717, 1.165) is 38.0 Å². The average molecular weight is 290 g/mol. The minimum Gasteiger partial charge on any atom is -0.426 e. The molecule has 0 bridgehead atoms. The van der Waals surface area contributed by atoms with Crippen LogP contribution in [0.3, 0.4) is 0 Å². The Balaban J connectivity index is 1.75. The lowest BCUT2D eigenvalue weighted by Crippen LogP contribution is -2.25. The molecule has 0 unspecified atom stereocenters. The summed E-state index contributed by atoms with van der Waals surface area (Å²) in [6.07, 6.45) is 9.46. The van der Waals surface area contributed by atoms with Gasteiger partial charge in [0, 0.05) is 0 Å². The van der Waals surface area contributed by atoms with Crippen molar-refractivity contribution < 1.29 is 13.9 Å². The van der Waals surface area contributed by atoms with Crippen LogP contribution in [0.2, 0.25) is 0 Å². The quantitative estimate of drug-likeness (QED) is 0.322. The highest BCUT2D eigenvalue weighted by Crippen LogP contribution is 2.32. The van der Waals surface area contributed by atoms with Crippen molar-refractivity contribution in [3.63, 3.8) is 0 Å². The maximum atomic E-state index is 12.8. The first-order chi connectivity index (χ1) is 10.2. The Hall–Kier alpha value is -1.64. The van der Waals surface area contributed by atoms with Crippen LogP contribution in [0.25, 0.3) is 0 Å². The minimum absolute atomic E-state index is 0.00860. The van der Waals surface area contributed by atoms with Gasteiger partial charge in [0.1, 0.15) is 11.6 Å². The Kier molecular flexibility index (Phi) is 5.97. The first-order valence-electron chi connectivity index (χ1n) is 7.77. The molecule has 2 rings (SSSR count). The molecule has 0 radical (unpaired) electrons. The molecule has 0 N–H and O–H groups in total. The predicted molar refractivity (Wildman–Crippen MR) is 81.5 cm³/mol. The highest BCUT2D eigenvalue weighted by molar-refractivity contribution is 5.75. The van der Waals surface area contributed by atoms with E-state index in [4.69, 9.17) is 4.74 Å². The van der Waals surface area contributed by atoms with Crippen molar-refractivity contribution in [1.29, 1.82) is 0 Å². The molecule has 0 atom stereocenters. The highest BCUT2D eigenvalue weighted by atomic mass is 19.1. The van der Waals surface area contributed by atoms with Crippen LogP contribution in [0.4, 0.5) is 4.39 Å². The Morgan fingerprint density at radius 2 is 1.90 bits per heavy atom. The topological polar surface area (TPSA) is 26.3 Å². The van der Waals surface area contributed by atoms with Crippen LogP contribution in [0.5, 0.6) is 5.75 Å². The zero-order valence-corrected chi connectivity index (χ0v) is 12.4. The van der Waals surface area contributed by atoms with Gasteiger partial charge in [-0.25, -0.2) is 4.39 Å². The summed E-state index contributed by atoms with van der Waals surface area (Å²) >= 11 is 0. The molecule has 0 amide bonds. The number of hydrogen-bond acceptors (Lipinski definition) is 2. The number of rotatable bonds is 6. The van der Waals surface area contributed by atoms with Gasteiger partial charge in [-0.2, -0.15) is 0 Å². The third-order valence-electron chi connectivity index (χ3n) is 4.23. The zero-order valence-electron chi connectivity index (χ0n) is 12.4. The summed E-state index contributed by atoms with van der Waals surface area (Å²) in [7, 11) is 0. The third kappa shape index (κ3) is 5.00. The number of halogens is 1. The largest absolute Gasteiger partial charge is 0.426 e. The van der Waals surface area contributed by atoms with E-state index in [2.05, 4.69) is 6.58 Å². The Bertz CT molecular complexity index is 459. The van der Waals surface area contributed by atoms with E-state index in [1.807, 2.05) is 6.08 Å². The lowest BCUT2D eigenvalue weighted by molar-refractivity contribution is -0.140. The molecule has 0 saturated heterocycles. The molecule has 0 spiro atoms. The maximum absolute atomic E-state index is 12.8. The van der Waals surface area contributed by atoms with Gasteiger partial charge in [-0.3, -0.25) is 4.79 Å². The van der Waals surface area contributed by atoms with Gasteiger partial charge in [0.05, 0.1) is 5.92 Å². The second-order valence-electron chi connectivity index (χ2n) is 5.81. The van der Waals surface area contributed by atoms with Gasteiger partial charge < -0.3 is 4.74 Å². The fourth-order valence-corrected chi connectivity index (χ4v) is 2.94. The number of carbonyl (C=O) groups is 1. The Morgan fingerprint density at radius 3 is 2.52 bits per heavy atom. The van der Waals surface area contributed by atoms with Crippen LogP contribution in [0, 0.1) is 17.7 Å². The molecule has 0 aromatic heterocycles. The second kappa shape index (κ2) is 7.96. The van der Waals surface area contributed by atoms with Crippen molar-refractivity contribution in [1.82, 2.24) is 0 Å². The summed E-state index contributed by atoms with van der Waals surface area (Å²) in [4.78, 5) is 12.1. The van der Waals surface area contributed by atoms with Gasteiger partial charge in [0.25, 0.3) is 0 Å². The van der Waals surface area contributed by atoms with Gasteiger partial charge in [0.2, 0.25) is 0 Å². The molecular weight excluding hydrogens is 267 g/mol. The molecule has 1 aromatic rings. The first kappa shape index (κ1) is 15.7. The Morgan fingerprint density at radius 1 is 1.24 bits per heavy atom. The lowest BCUT2D eigenvalue weighted by atomic mass is 9.80. The van der Waals surface area contributed by atoms with E-state index in [1.165, 1.54) is 37.1 Å². The maximum Gasteiger partial charge on any atom is 0.314 e. The number of unbranched alkanes of at least 4 members (excludes halogenated alkanes) is 1. The van der Waals surface area contributed by atoms with Crippen LogP contribution in [0.1, 0.15) is 44.9 Å². The number of esters is 1. The van der Waals surface area contributed by atoms with Crippen LogP contribution in [0.15, 0.2) is 36.9 Å². The van der Waals surface area contributed by atoms with Crippen LogP contribution in [-0.2, 0) is 4.79 Å².